The zero-order valence-electron chi connectivity index (χ0n) is 10.1. The predicted molar refractivity (Wildman–Crippen MR) is 62.4 cm³/mol. The molecule has 3 heteroatoms. The van der Waals surface area contributed by atoms with Gasteiger partial charge in [-0.3, -0.25) is 10.5 Å². The van der Waals surface area contributed by atoms with Crippen LogP contribution in [0.3, 0.4) is 0 Å². The molecule has 1 atom stereocenters. The lowest BCUT2D eigenvalue weighted by atomic mass is 10.1. The van der Waals surface area contributed by atoms with Gasteiger partial charge in [0, 0.05) is 6.42 Å². The summed E-state index contributed by atoms with van der Waals surface area (Å²) in [6.07, 6.45) is 8.53. The number of carbonyl (C=O) groups is 1. The molecule has 0 amide bonds. The maximum Gasteiger partial charge on any atom is 0.307 e. The minimum Gasteiger partial charge on any atom is -0.447 e. The Labute approximate surface area is 93.4 Å². The van der Waals surface area contributed by atoms with E-state index in [-0.39, 0.29) is 5.97 Å². The van der Waals surface area contributed by atoms with Crippen molar-refractivity contribution in [3.63, 3.8) is 0 Å². The van der Waals surface area contributed by atoms with Crippen molar-refractivity contribution >= 4 is 5.97 Å². The summed E-state index contributed by atoms with van der Waals surface area (Å²) in [5, 5.41) is 0. The molecule has 0 aliphatic carbocycles. The highest BCUT2D eigenvalue weighted by atomic mass is 16.5. The van der Waals surface area contributed by atoms with E-state index in [9.17, 15) is 4.79 Å². The third-order valence-corrected chi connectivity index (χ3v) is 2.30. The van der Waals surface area contributed by atoms with Crippen LogP contribution in [-0.2, 0) is 9.53 Å². The van der Waals surface area contributed by atoms with Crippen molar-refractivity contribution in [3.8, 4) is 0 Å². The molecule has 0 bridgehead atoms. The average molecular weight is 215 g/mol. The number of hydrogen-bond donors (Lipinski definition) is 1. The molecule has 0 saturated heterocycles. The Morgan fingerprint density at radius 3 is 2.20 bits per heavy atom. The van der Waals surface area contributed by atoms with Crippen molar-refractivity contribution in [2.75, 3.05) is 0 Å². The number of hydrogen-bond acceptors (Lipinski definition) is 3. The summed E-state index contributed by atoms with van der Waals surface area (Å²) in [6, 6.07) is 0. The first-order valence-corrected chi connectivity index (χ1v) is 6.12. The van der Waals surface area contributed by atoms with E-state index in [1.807, 2.05) is 0 Å². The van der Waals surface area contributed by atoms with E-state index < -0.39 is 6.23 Å². The summed E-state index contributed by atoms with van der Waals surface area (Å²) in [5.41, 5.74) is 5.34. The van der Waals surface area contributed by atoms with E-state index in [1.54, 1.807) is 6.92 Å². The van der Waals surface area contributed by atoms with Crippen LogP contribution in [0, 0.1) is 0 Å². The fourth-order valence-corrected chi connectivity index (χ4v) is 1.49. The number of unbranched alkanes of at least 4 members (excludes halogenated alkanes) is 6. The first kappa shape index (κ1) is 14.4. The lowest BCUT2D eigenvalue weighted by Crippen LogP contribution is -2.23. The van der Waals surface area contributed by atoms with Gasteiger partial charge in [-0.05, 0) is 13.3 Å². The van der Waals surface area contributed by atoms with E-state index in [0.717, 1.165) is 12.8 Å². The van der Waals surface area contributed by atoms with E-state index in [0.29, 0.717) is 6.42 Å². The van der Waals surface area contributed by atoms with Crippen molar-refractivity contribution in [1.29, 1.82) is 0 Å². The second-order valence-corrected chi connectivity index (χ2v) is 4.07. The quantitative estimate of drug-likeness (QED) is 0.365. The summed E-state index contributed by atoms with van der Waals surface area (Å²) >= 11 is 0. The maximum absolute atomic E-state index is 11.1. The Hall–Kier alpha value is -0.570. The molecule has 0 saturated carbocycles. The van der Waals surface area contributed by atoms with Gasteiger partial charge in [0.05, 0.1) is 0 Å². The molecule has 0 aliphatic heterocycles. The number of nitrogens with two attached hydrogens (primary N) is 1. The highest BCUT2D eigenvalue weighted by Crippen LogP contribution is 2.08. The Morgan fingerprint density at radius 1 is 1.13 bits per heavy atom. The van der Waals surface area contributed by atoms with Gasteiger partial charge in [0.1, 0.15) is 6.23 Å². The molecule has 0 aromatic heterocycles. The molecule has 0 aromatic rings. The van der Waals surface area contributed by atoms with Crippen LogP contribution in [0.4, 0.5) is 0 Å². The smallest absolute Gasteiger partial charge is 0.307 e. The highest BCUT2D eigenvalue weighted by Gasteiger charge is 2.04. The lowest BCUT2D eigenvalue weighted by molar-refractivity contribution is -0.148. The van der Waals surface area contributed by atoms with Gasteiger partial charge < -0.3 is 4.74 Å². The van der Waals surface area contributed by atoms with Crippen molar-refractivity contribution in [2.24, 2.45) is 5.73 Å². The van der Waals surface area contributed by atoms with Gasteiger partial charge in [-0.1, -0.05) is 45.4 Å². The van der Waals surface area contributed by atoms with Gasteiger partial charge >= 0.3 is 5.97 Å². The summed E-state index contributed by atoms with van der Waals surface area (Å²) in [7, 11) is 0. The molecule has 90 valence electrons. The van der Waals surface area contributed by atoms with Gasteiger partial charge in [-0.2, -0.15) is 0 Å². The van der Waals surface area contributed by atoms with Crippen molar-refractivity contribution in [2.45, 2.75) is 71.4 Å². The fraction of sp³-hybridized carbons (Fsp3) is 0.917. The van der Waals surface area contributed by atoms with E-state index in [1.165, 1.54) is 32.1 Å². The summed E-state index contributed by atoms with van der Waals surface area (Å²) < 4.78 is 4.83. The van der Waals surface area contributed by atoms with Gasteiger partial charge in [0.25, 0.3) is 0 Å². The van der Waals surface area contributed by atoms with Crippen molar-refractivity contribution in [1.82, 2.24) is 0 Å². The second kappa shape index (κ2) is 9.97. The van der Waals surface area contributed by atoms with Crippen molar-refractivity contribution < 1.29 is 9.53 Å². The molecule has 2 N–H and O–H groups in total. The molecule has 0 radical (unpaired) electrons. The zero-order valence-corrected chi connectivity index (χ0v) is 10.1. The average Bonchev–Trinajstić information content (AvgIpc) is 2.15. The minimum atomic E-state index is -0.470. The fourth-order valence-electron chi connectivity index (χ4n) is 1.49. The van der Waals surface area contributed by atoms with Crippen LogP contribution in [0.2, 0.25) is 0 Å². The zero-order chi connectivity index (χ0) is 11.5. The molecule has 3 nitrogen and oxygen atoms in total. The largest absolute Gasteiger partial charge is 0.447 e. The Balaban J connectivity index is 3.13. The van der Waals surface area contributed by atoms with Crippen LogP contribution in [0.15, 0.2) is 0 Å². The van der Waals surface area contributed by atoms with E-state index >= 15 is 0 Å². The van der Waals surface area contributed by atoms with Crippen LogP contribution < -0.4 is 5.73 Å². The Bertz CT molecular complexity index is 158. The van der Waals surface area contributed by atoms with Gasteiger partial charge in [-0.25, -0.2) is 0 Å². The van der Waals surface area contributed by atoms with Gasteiger partial charge in [0.2, 0.25) is 0 Å². The standard InChI is InChI=1S/C12H25NO2/c1-3-4-5-6-7-8-9-10-12(14)15-11(2)13/h11H,3-10,13H2,1-2H3. The number of rotatable bonds is 9. The molecule has 1 unspecified atom stereocenters. The first-order chi connectivity index (χ1) is 7.16. The number of esters is 1. The monoisotopic (exact) mass is 215 g/mol. The third-order valence-electron chi connectivity index (χ3n) is 2.30. The maximum atomic E-state index is 11.1. The SMILES string of the molecule is CCCCCCCCCC(=O)OC(C)N. The minimum absolute atomic E-state index is 0.168. The van der Waals surface area contributed by atoms with Crippen LogP contribution in [-0.4, -0.2) is 12.2 Å². The van der Waals surface area contributed by atoms with Crippen LogP contribution >= 0.6 is 0 Å². The van der Waals surface area contributed by atoms with E-state index in [4.69, 9.17) is 10.5 Å². The summed E-state index contributed by atoms with van der Waals surface area (Å²) in [5.74, 6) is -0.168. The summed E-state index contributed by atoms with van der Waals surface area (Å²) in [4.78, 5) is 11.1. The normalized spacial score (nSPS) is 12.5. The molecule has 0 fully saturated rings. The molecule has 0 spiro atoms. The van der Waals surface area contributed by atoms with Gasteiger partial charge in [-0.15, -0.1) is 0 Å². The lowest BCUT2D eigenvalue weighted by Gasteiger charge is -2.07. The van der Waals surface area contributed by atoms with Gasteiger partial charge in [0.15, 0.2) is 0 Å². The molecule has 0 aromatic carbocycles. The predicted octanol–water partition coefficient (Wildman–Crippen LogP) is 2.98. The molecule has 0 rings (SSSR count). The molecule has 0 heterocycles. The van der Waals surface area contributed by atoms with Crippen molar-refractivity contribution in [3.05, 3.63) is 0 Å². The molecule has 15 heavy (non-hydrogen) atoms. The van der Waals surface area contributed by atoms with E-state index in [2.05, 4.69) is 6.92 Å². The molecule has 0 aliphatic rings. The molecular formula is C12H25NO2. The second-order valence-electron chi connectivity index (χ2n) is 4.07. The van der Waals surface area contributed by atoms with Crippen LogP contribution in [0.5, 0.6) is 0 Å². The number of ether oxygens (including phenoxy) is 1. The number of carbonyl (C=O) groups excluding carboxylic acids is 1. The highest BCUT2D eigenvalue weighted by molar-refractivity contribution is 5.69. The Morgan fingerprint density at radius 2 is 1.67 bits per heavy atom. The topological polar surface area (TPSA) is 52.3 Å². The van der Waals surface area contributed by atoms with Crippen LogP contribution in [0.1, 0.15) is 65.2 Å². The Kier molecular flexibility index (Phi) is 9.59. The first-order valence-electron chi connectivity index (χ1n) is 6.12. The summed E-state index contributed by atoms with van der Waals surface area (Å²) in [6.45, 7) is 3.88. The van der Waals surface area contributed by atoms with Crippen LogP contribution in [0.25, 0.3) is 0 Å². The third kappa shape index (κ3) is 11.4. The molecular weight excluding hydrogens is 190 g/mol.